The molecule has 6 heteroatoms. The minimum absolute atomic E-state index is 0.271. The van der Waals surface area contributed by atoms with Gasteiger partial charge in [0.25, 0.3) is 0 Å². The Kier molecular flexibility index (Phi) is 5.91. The Hall–Kier alpha value is -3.38. The summed E-state index contributed by atoms with van der Waals surface area (Å²) >= 11 is 3.37. The molecule has 0 amide bonds. The number of nitrogens with zero attached hydrogens (tertiary/aromatic N) is 1. The number of ether oxygens (including phenoxy) is 2. The number of benzene rings is 3. The van der Waals surface area contributed by atoms with Crippen LogP contribution in [0.4, 0.5) is 0 Å². The van der Waals surface area contributed by atoms with Gasteiger partial charge in [0, 0.05) is 21.2 Å². The van der Waals surface area contributed by atoms with Crippen molar-refractivity contribution in [3.63, 3.8) is 0 Å². The van der Waals surface area contributed by atoms with Crippen LogP contribution in [0, 0.1) is 6.92 Å². The van der Waals surface area contributed by atoms with E-state index in [1.54, 1.807) is 37.3 Å². The van der Waals surface area contributed by atoms with E-state index in [-0.39, 0.29) is 6.61 Å². The van der Waals surface area contributed by atoms with Crippen LogP contribution in [0.25, 0.3) is 16.6 Å². The van der Waals surface area contributed by atoms with Crippen LogP contribution in [0.15, 0.2) is 77.3 Å². The van der Waals surface area contributed by atoms with E-state index in [2.05, 4.69) is 15.9 Å². The summed E-state index contributed by atoms with van der Waals surface area (Å²) in [7, 11) is 0. The third-order valence-corrected chi connectivity index (χ3v) is 5.67. The Balaban J connectivity index is 1.83. The molecular weight excluding hydrogens is 458 g/mol. The standard InChI is InChI=1S/C25H20BrNO4/c1-3-30-25(29)23-16(2)27(17-9-5-4-6-10-17)22-14-13-18(15-20(22)23)31-24(28)19-11-7-8-12-21(19)26/h4-15H,3H2,1-2H3. The second-order valence-electron chi connectivity index (χ2n) is 6.90. The molecule has 0 spiro atoms. The average Bonchev–Trinajstić information content (AvgIpc) is 3.06. The summed E-state index contributed by atoms with van der Waals surface area (Å²) in [4.78, 5) is 25.4. The number of esters is 2. The highest BCUT2D eigenvalue weighted by Gasteiger charge is 2.23. The number of aromatic nitrogens is 1. The summed E-state index contributed by atoms with van der Waals surface area (Å²) in [6.07, 6.45) is 0. The van der Waals surface area contributed by atoms with Gasteiger partial charge in [0.1, 0.15) is 5.75 Å². The first-order valence-corrected chi connectivity index (χ1v) is 10.6. The van der Waals surface area contributed by atoms with E-state index in [4.69, 9.17) is 9.47 Å². The molecular formula is C25H20BrNO4. The summed E-state index contributed by atoms with van der Waals surface area (Å²) in [5, 5.41) is 0.664. The molecule has 0 aliphatic heterocycles. The van der Waals surface area contributed by atoms with Crippen LogP contribution in [0.5, 0.6) is 5.75 Å². The van der Waals surface area contributed by atoms with Gasteiger partial charge in [-0.25, -0.2) is 9.59 Å². The largest absolute Gasteiger partial charge is 0.462 e. The second kappa shape index (κ2) is 8.78. The molecule has 5 nitrogen and oxygen atoms in total. The van der Waals surface area contributed by atoms with Crippen LogP contribution in [0.1, 0.15) is 33.3 Å². The van der Waals surface area contributed by atoms with Crippen LogP contribution in [0.2, 0.25) is 0 Å². The summed E-state index contributed by atoms with van der Waals surface area (Å²) in [6.45, 7) is 3.92. The van der Waals surface area contributed by atoms with E-state index < -0.39 is 11.9 Å². The molecule has 0 radical (unpaired) electrons. The van der Waals surface area contributed by atoms with E-state index in [1.807, 2.05) is 54.0 Å². The molecule has 0 unspecified atom stereocenters. The lowest BCUT2D eigenvalue weighted by molar-refractivity contribution is 0.0527. The number of para-hydroxylation sites is 1. The Morgan fingerprint density at radius 3 is 2.35 bits per heavy atom. The molecule has 0 fully saturated rings. The maximum Gasteiger partial charge on any atom is 0.344 e. The molecule has 4 rings (SSSR count). The average molecular weight is 478 g/mol. The molecule has 4 aromatic rings. The van der Waals surface area contributed by atoms with Crippen molar-refractivity contribution in [3.8, 4) is 11.4 Å². The maximum atomic E-state index is 12.8. The van der Waals surface area contributed by atoms with Crippen molar-refractivity contribution in [1.29, 1.82) is 0 Å². The van der Waals surface area contributed by atoms with Crippen LogP contribution >= 0.6 is 15.9 Å². The first kappa shape index (κ1) is 20.9. The fourth-order valence-corrected chi connectivity index (χ4v) is 4.07. The van der Waals surface area contributed by atoms with Gasteiger partial charge >= 0.3 is 11.9 Å². The van der Waals surface area contributed by atoms with Crippen LogP contribution in [0.3, 0.4) is 0 Å². The van der Waals surface area contributed by atoms with Gasteiger partial charge in [0.05, 0.1) is 23.3 Å². The Labute approximate surface area is 188 Å². The van der Waals surface area contributed by atoms with Crippen molar-refractivity contribution in [2.75, 3.05) is 6.61 Å². The van der Waals surface area contributed by atoms with E-state index in [9.17, 15) is 9.59 Å². The number of hydrogen-bond donors (Lipinski definition) is 0. The number of carbonyl (C=O) groups is 2. The molecule has 1 heterocycles. The van der Waals surface area contributed by atoms with Crippen LogP contribution in [-0.2, 0) is 4.74 Å². The second-order valence-corrected chi connectivity index (χ2v) is 7.75. The first-order chi connectivity index (χ1) is 15.0. The summed E-state index contributed by atoms with van der Waals surface area (Å²) < 4.78 is 13.6. The lowest BCUT2D eigenvalue weighted by atomic mass is 10.1. The van der Waals surface area contributed by atoms with E-state index in [0.29, 0.717) is 26.7 Å². The zero-order valence-electron chi connectivity index (χ0n) is 17.1. The number of fused-ring (bicyclic) bond motifs is 1. The lowest BCUT2D eigenvalue weighted by Crippen LogP contribution is -2.09. The molecule has 31 heavy (non-hydrogen) atoms. The van der Waals surface area contributed by atoms with Crippen molar-refractivity contribution < 1.29 is 19.1 Å². The van der Waals surface area contributed by atoms with E-state index in [0.717, 1.165) is 16.9 Å². The van der Waals surface area contributed by atoms with Gasteiger partial charge in [-0.1, -0.05) is 30.3 Å². The van der Waals surface area contributed by atoms with Crippen LogP contribution in [-0.4, -0.2) is 23.1 Å². The van der Waals surface area contributed by atoms with Crippen molar-refractivity contribution in [2.24, 2.45) is 0 Å². The number of carbonyl (C=O) groups excluding carboxylic acids is 2. The summed E-state index contributed by atoms with van der Waals surface area (Å²) in [6, 6.07) is 22.1. The minimum atomic E-state index is -0.483. The van der Waals surface area contributed by atoms with E-state index >= 15 is 0 Å². The van der Waals surface area contributed by atoms with E-state index in [1.165, 1.54) is 0 Å². The van der Waals surface area contributed by atoms with Crippen LogP contribution < -0.4 is 4.74 Å². The van der Waals surface area contributed by atoms with Gasteiger partial charge < -0.3 is 14.0 Å². The highest BCUT2D eigenvalue weighted by Crippen LogP contribution is 2.33. The fraction of sp³-hybridized carbons (Fsp3) is 0.120. The topological polar surface area (TPSA) is 57.5 Å². The predicted molar refractivity (Wildman–Crippen MR) is 123 cm³/mol. The Morgan fingerprint density at radius 1 is 0.935 bits per heavy atom. The molecule has 0 bridgehead atoms. The first-order valence-electron chi connectivity index (χ1n) is 9.85. The van der Waals surface area contributed by atoms with Crippen molar-refractivity contribution >= 4 is 38.8 Å². The van der Waals surface area contributed by atoms with Gasteiger partial charge in [0.15, 0.2) is 0 Å². The van der Waals surface area contributed by atoms with Crippen molar-refractivity contribution in [3.05, 3.63) is 94.1 Å². The zero-order valence-corrected chi connectivity index (χ0v) is 18.7. The SMILES string of the molecule is CCOC(=O)c1c(C)n(-c2ccccc2)c2ccc(OC(=O)c3ccccc3Br)cc12. The Bertz CT molecular complexity index is 1280. The zero-order chi connectivity index (χ0) is 22.0. The molecule has 156 valence electrons. The molecule has 0 saturated heterocycles. The molecule has 0 N–H and O–H groups in total. The van der Waals surface area contributed by atoms with Gasteiger partial charge in [-0.05, 0) is 72.2 Å². The number of rotatable bonds is 5. The molecule has 3 aromatic carbocycles. The van der Waals surface area contributed by atoms with Gasteiger partial charge in [0.2, 0.25) is 0 Å². The smallest absolute Gasteiger partial charge is 0.344 e. The van der Waals surface area contributed by atoms with Crippen molar-refractivity contribution in [2.45, 2.75) is 13.8 Å². The fourth-order valence-electron chi connectivity index (χ4n) is 3.62. The number of halogens is 1. The monoisotopic (exact) mass is 477 g/mol. The quantitative estimate of drug-likeness (QED) is 0.257. The maximum absolute atomic E-state index is 12.8. The third-order valence-electron chi connectivity index (χ3n) is 4.97. The van der Waals surface area contributed by atoms with Gasteiger partial charge in [-0.2, -0.15) is 0 Å². The summed E-state index contributed by atoms with van der Waals surface area (Å²) in [5.74, 6) is -0.540. The number of hydrogen-bond acceptors (Lipinski definition) is 4. The van der Waals surface area contributed by atoms with Gasteiger partial charge in [-0.15, -0.1) is 0 Å². The van der Waals surface area contributed by atoms with Gasteiger partial charge in [-0.3, -0.25) is 0 Å². The minimum Gasteiger partial charge on any atom is -0.462 e. The lowest BCUT2D eigenvalue weighted by Gasteiger charge is -2.09. The summed E-state index contributed by atoms with van der Waals surface area (Å²) in [5.41, 5.74) is 3.39. The molecule has 1 aromatic heterocycles. The highest BCUT2D eigenvalue weighted by molar-refractivity contribution is 9.10. The highest BCUT2D eigenvalue weighted by atomic mass is 79.9. The Morgan fingerprint density at radius 2 is 1.65 bits per heavy atom. The normalized spacial score (nSPS) is 10.8. The molecule has 0 saturated carbocycles. The molecule has 0 aliphatic rings. The molecule has 0 aliphatic carbocycles. The molecule has 0 atom stereocenters. The van der Waals surface area contributed by atoms with Crippen molar-refractivity contribution in [1.82, 2.24) is 4.57 Å². The third kappa shape index (κ3) is 3.99. The predicted octanol–water partition coefficient (Wildman–Crippen LogP) is 6.10.